The first-order chi connectivity index (χ1) is 13.2. The number of rotatable bonds is 3. The van der Waals surface area contributed by atoms with Crippen molar-refractivity contribution in [1.82, 2.24) is 4.98 Å². The number of hydrogen-bond acceptors (Lipinski definition) is 7. The molecule has 0 spiro atoms. The van der Waals surface area contributed by atoms with Gasteiger partial charge in [0.25, 0.3) is 0 Å². The van der Waals surface area contributed by atoms with Crippen molar-refractivity contribution in [3.05, 3.63) is 29.5 Å². The number of carbonyl (C=O) groups excluding carboxylic acids is 2. The molecule has 8 nitrogen and oxygen atoms in total. The smallest absolute Gasteiger partial charge is 0.414 e. The van der Waals surface area contributed by atoms with Gasteiger partial charge < -0.3 is 19.3 Å². The number of ether oxygens (including phenoxy) is 3. The highest BCUT2D eigenvalue weighted by atomic mass is 16.6. The Bertz CT molecular complexity index is 934. The van der Waals surface area contributed by atoms with E-state index in [0.717, 1.165) is 5.56 Å². The Morgan fingerprint density at radius 3 is 2.61 bits per heavy atom. The molecule has 0 radical (unpaired) electrons. The molecule has 0 saturated heterocycles. The Kier molecular flexibility index (Phi) is 5.16. The zero-order valence-corrected chi connectivity index (χ0v) is 16.6. The maximum Gasteiger partial charge on any atom is 0.414 e. The fourth-order valence-electron chi connectivity index (χ4n) is 3.41. The molecular formula is C20H24N2O6. The quantitative estimate of drug-likeness (QED) is 0.806. The van der Waals surface area contributed by atoms with Crippen LogP contribution in [0.2, 0.25) is 0 Å². The number of nitrogens with zero attached hydrogens (tertiary/aromatic N) is 2. The Hall–Kier alpha value is -2.87. The molecule has 3 rings (SSSR count). The standard InChI is InChI=1S/C20H24N2O6/c1-20(2,3)28-19(25)22-9-12(10-26-4)16-13-6-11(18(24)27-5)8-21-17(13)15(23)7-14(16)22/h6-8,12,23H,9-10H2,1-5H3. The summed E-state index contributed by atoms with van der Waals surface area (Å²) >= 11 is 0. The van der Waals surface area contributed by atoms with Crippen molar-refractivity contribution in [2.24, 2.45) is 0 Å². The molecule has 1 unspecified atom stereocenters. The third kappa shape index (κ3) is 3.60. The number of esters is 1. The zero-order chi connectivity index (χ0) is 20.6. The van der Waals surface area contributed by atoms with E-state index in [-0.39, 0.29) is 17.2 Å². The summed E-state index contributed by atoms with van der Waals surface area (Å²) < 4.78 is 15.6. The lowest BCUT2D eigenvalue weighted by Gasteiger charge is -2.25. The van der Waals surface area contributed by atoms with E-state index in [2.05, 4.69) is 4.98 Å². The highest BCUT2D eigenvalue weighted by Gasteiger charge is 2.37. The van der Waals surface area contributed by atoms with Gasteiger partial charge in [0.15, 0.2) is 0 Å². The van der Waals surface area contributed by atoms with Gasteiger partial charge in [0.2, 0.25) is 0 Å². The molecule has 28 heavy (non-hydrogen) atoms. The molecular weight excluding hydrogens is 364 g/mol. The molecule has 8 heteroatoms. The van der Waals surface area contributed by atoms with Gasteiger partial charge in [0.1, 0.15) is 16.9 Å². The number of carbonyl (C=O) groups is 2. The number of phenols is 1. The molecule has 0 fully saturated rings. The van der Waals surface area contributed by atoms with Crippen molar-refractivity contribution in [1.29, 1.82) is 0 Å². The van der Waals surface area contributed by atoms with E-state index < -0.39 is 17.7 Å². The van der Waals surface area contributed by atoms with Crippen LogP contribution in [0.1, 0.15) is 42.6 Å². The van der Waals surface area contributed by atoms with Crippen LogP contribution in [0.15, 0.2) is 18.3 Å². The molecule has 1 atom stereocenters. The molecule has 0 saturated carbocycles. The van der Waals surface area contributed by atoms with E-state index in [0.29, 0.717) is 29.7 Å². The van der Waals surface area contributed by atoms with Gasteiger partial charge in [-0.05, 0) is 32.4 Å². The first kappa shape index (κ1) is 19.9. The average Bonchev–Trinajstić information content (AvgIpc) is 2.98. The van der Waals surface area contributed by atoms with E-state index in [9.17, 15) is 14.7 Å². The second-order valence-electron chi connectivity index (χ2n) is 7.68. The predicted molar refractivity (Wildman–Crippen MR) is 103 cm³/mol. The van der Waals surface area contributed by atoms with Crippen molar-refractivity contribution in [3.63, 3.8) is 0 Å². The second kappa shape index (κ2) is 7.27. The fourth-order valence-corrected chi connectivity index (χ4v) is 3.41. The SMILES string of the molecule is COCC1CN(C(=O)OC(C)(C)C)c2cc(O)c3ncc(C(=O)OC)cc3c21. The third-order valence-electron chi connectivity index (χ3n) is 4.47. The minimum atomic E-state index is -0.658. The number of aromatic hydroxyl groups is 1. The van der Waals surface area contributed by atoms with Crippen molar-refractivity contribution in [2.45, 2.75) is 32.3 Å². The topological polar surface area (TPSA) is 98.2 Å². The van der Waals surface area contributed by atoms with E-state index in [1.807, 2.05) is 0 Å². The van der Waals surface area contributed by atoms with Gasteiger partial charge in [-0.3, -0.25) is 9.88 Å². The molecule has 1 N–H and O–H groups in total. The number of anilines is 1. The molecule has 0 bridgehead atoms. The van der Waals surface area contributed by atoms with Crippen molar-refractivity contribution in [2.75, 3.05) is 32.3 Å². The number of amides is 1. The van der Waals surface area contributed by atoms with Crippen LogP contribution in [-0.2, 0) is 14.2 Å². The third-order valence-corrected chi connectivity index (χ3v) is 4.47. The van der Waals surface area contributed by atoms with Gasteiger partial charge in [-0.1, -0.05) is 0 Å². The molecule has 2 aromatic rings. The lowest BCUT2D eigenvalue weighted by Crippen LogP contribution is -2.36. The number of benzene rings is 1. The zero-order valence-electron chi connectivity index (χ0n) is 16.6. The Morgan fingerprint density at radius 1 is 1.29 bits per heavy atom. The predicted octanol–water partition coefficient (Wildman–Crippen LogP) is 3.21. The van der Waals surface area contributed by atoms with Crippen LogP contribution in [-0.4, -0.2) is 55.1 Å². The summed E-state index contributed by atoms with van der Waals surface area (Å²) in [7, 11) is 2.87. The summed E-state index contributed by atoms with van der Waals surface area (Å²) in [5, 5.41) is 11.1. The molecule has 0 aliphatic carbocycles. The van der Waals surface area contributed by atoms with Gasteiger partial charge in [-0.25, -0.2) is 9.59 Å². The van der Waals surface area contributed by atoms with Gasteiger partial charge in [0, 0.05) is 37.2 Å². The van der Waals surface area contributed by atoms with E-state index in [1.54, 1.807) is 33.9 Å². The molecule has 2 heterocycles. The van der Waals surface area contributed by atoms with Crippen LogP contribution in [0.3, 0.4) is 0 Å². The van der Waals surface area contributed by atoms with Crippen LogP contribution in [0.25, 0.3) is 10.9 Å². The number of methoxy groups -OCH3 is 2. The van der Waals surface area contributed by atoms with E-state index in [1.165, 1.54) is 24.3 Å². The van der Waals surface area contributed by atoms with Gasteiger partial charge >= 0.3 is 12.1 Å². The second-order valence-corrected chi connectivity index (χ2v) is 7.68. The van der Waals surface area contributed by atoms with Crippen LogP contribution in [0.5, 0.6) is 5.75 Å². The van der Waals surface area contributed by atoms with Crippen molar-refractivity contribution < 1.29 is 28.9 Å². The number of fused-ring (bicyclic) bond motifs is 3. The Labute approximate surface area is 163 Å². The van der Waals surface area contributed by atoms with E-state index >= 15 is 0 Å². The highest BCUT2D eigenvalue weighted by molar-refractivity contribution is 6.02. The molecule has 1 aliphatic heterocycles. The summed E-state index contributed by atoms with van der Waals surface area (Å²) in [6.07, 6.45) is 0.842. The normalized spacial score (nSPS) is 16.2. The molecule has 1 aromatic carbocycles. The lowest BCUT2D eigenvalue weighted by atomic mass is 9.96. The minimum absolute atomic E-state index is 0.0863. The van der Waals surface area contributed by atoms with Gasteiger partial charge in [-0.2, -0.15) is 0 Å². The maximum atomic E-state index is 12.7. The summed E-state index contributed by atoms with van der Waals surface area (Å²) in [4.78, 5) is 30.4. The first-order valence-electron chi connectivity index (χ1n) is 8.89. The summed E-state index contributed by atoms with van der Waals surface area (Å²) in [5.74, 6) is -0.779. The molecule has 1 aromatic heterocycles. The number of hydrogen-bond donors (Lipinski definition) is 1. The summed E-state index contributed by atoms with van der Waals surface area (Å²) in [6, 6.07) is 3.12. The van der Waals surface area contributed by atoms with Crippen molar-refractivity contribution >= 4 is 28.7 Å². The van der Waals surface area contributed by atoms with Crippen LogP contribution >= 0.6 is 0 Å². The fraction of sp³-hybridized carbons (Fsp3) is 0.450. The largest absolute Gasteiger partial charge is 0.506 e. The first-order valence-corrected chi connectivity index (χ1v) is 8.89. The number of pyridine rings is 1. The van der Waals surface area contributed by atoms with Gasteiger partial charge in [-0.15, -0.1) is 0 Å². The Balaban J connectivity index is 2.18. The van der Waals surface area contributed by atoms with Crippen LogP contribution < -0.4 is 4.90 Å². The average molecular weight is 388 g/mol. The Morgan fingerprint density at radius 2 is 2.00 bits per heavy atom. The van der Waals surface area contributed by atoms with Crippen LogP contribution in [0, 0.1) is 0 Å². The monoisotopic (exact) mass is 388 g/mol. The number of aromatic nitrogens is 1. The van der Waals surface area contributed by atoms with E-state index in [4.69, 9.17) is 14.2 Å². The van der Waals surface area contributed by atoms with Crippen molar-refractivity contribution in [3.8, 4) is 5.75 Å². The lowest BCUT2D eigenvalue weighted by molar-refractivity contribution is 0.0575. The number of phenolic OH excluding ortho intramolecular Hbond substituents is 1. The van der Waals surface area contributed by atoms with Gasteiger partial charge in [0.05, 0.1) is 25.0 Å². The summed E-state index contributed by atoms with van der Waals surface area (Å²) in [5.41, 5.74) is 1.24. The minimum Gasteiger partial charge on any atom is -0.506 e. The molecule has 1 aliphatic rings. The van der Waals surface area contributed by atoms with Crippen LogP contribution in [0.4, 0.5) is 10.5 Å². The summed E-state index contributed by atoms with van der Waals surface area (Å²) in [6.45, 7) is 6.06. The highest BCUT2D eigenvalue weighted by Crippen LogP contribution is 2.45. The molecule has 150 valence electrons. The maximum absolute atomic E-state index is 12.7. The molecule has 1 amide bonds.